The Morgan fingerprint density at radius 3 is 2.86 bits per heavy atom. The third-order valence-corrected chi connectivity index (χ3v) is 6.41. The number of quaternary nitrogens is 1. The first-order valence-corrected chi connectivity index (χ1v) is 10.5. The molecule has 2 atom stereocenters. The zero-order chi connectivity index (χ0) is 19.3. The van der Waals surface area contributed by atoms with Crippen molar-refractivity contribution in [2.24, 2.45) is 0 Å². The van der Waals surface area contributed by atoms with Crippen molar-refractivity contribution in [3.05, 3.63) is 59.1 Å². The zero-order valence-corrected chi connectivity index (χ0v) is 16.5. The normalized spacial score (nSPS) is 19.2. The standard InChI is InChI=1S/C22H22N4OS/c23-12-11-16-7-9-18(10-8-16)24-21(27)15-26-13-3-4-17(14-26)22-25-19-5-1-2-6-20(19)28-22/h1-2,5-10,17H,3-4,11,13-15H2,(H,24,27)/p+1/t17-/m1/s1. The van der Waals surface area contributed by atoms with Crippen LogP contribution in [0, 0.1) is 11.3 Å². The van der Waals surface area contributed by atoms with Gasteiger partial charge in [-0.15, -0.1) is 11.3 Å². The van der Waals surface area contributed by atoms with E-state index in [1.165, 1.54) is 14.6 Å². The number of aromatic nitrogens is 1. The Bertz CT molecular complexity index is 972. The lowest BCUT2D eigenvalue weighted by Crippen LogP contribution is -3.14. The second-order valence-corrected chi connectivity index (χ2v) is 8.38. The summed E-state index contributed by atoms with van der Waals surface area (Å²) >= 11 is 1.78. The SMILES string of the molecule is N#CCc1ccc(NC(=O)C[NH+]2CCC[C@@H](c3nc4ccccc4s3)C2)cc1. The quantitative estimate of drug-likeness (QED) is 0.703. The Morgan fingerprint density at radius 1 is 1.25 bits per heavy atom. The van der Waals surface area contributed by atoms with E-state index in [0.717, 1.165) is 42.7 Å². The van der Waals surface area contributed by atoms with E-state index < -0.39 is 0 Å². The number of rotatable bonds is 5. The molecule has 1 aliphatic rings. The summed E-state index contributed by atoms with van der Waals surface area (Å²) in [4.78, 5) is 18.6. The third-order valence-electron chi connectivity index (χ3n) is 5.21. The summed E-state index contributed by atoms with van der Waals surface area (Å²) in [6, 6.07) is 17.9. The summed E-state index contributed by atoms with van der Waals surface area (Å²) in [6.07, 6.45) is 2.65. The number of hydrogen-bond donors (Lipinski definition) is 2. The summed E-state index contributed by atoms with van der Waals surface area (Å²) in [7, 11) is 0. The number of nitrogens with one attached hydrogen (secondary N) is 2. The summed E-state index contributed by atoms with van der Waals surface area (Å²) in [5, 5.41) is 12.9. The molecule has 0 aliphatic carbocycles. The summed E-state index contributed by atoms with van der Waals surface area (Å²) < 4.78 is 1.24. The van der Waals surface area contributed by atoms with Crippen LogP contribution in [-0.4, -0.2) is 30.5 Å². The average Bonchev–Trinajstić information content (AvgIpc) is 3.14. The van der Waals surface area contributed by atoms with Crippen molar-refractivity contribution in [1.29, 1.82) is 5.26 Å². The molecule has 142 valence electrons. The molecule has 1 saturated heterocycles. The number of fused-ring (bicyclic) bond motifs is 1. The molecule has 1 fully saturated rings. The number of likely N-dealkylation sites (tertiary alicyclic amines) is 1. The van der Waals surface area contributed by atoms with E-state index in [1.54, 1.807) is 11.3 Å². The van der Waals surface area contributed by atoms with Crippen LogP contribution in [0.15, 0.2) is 48.5 Å². The van der Waals surface area contributed by atoms with Gasteiger partial charge < -0.3 is 10.2 Å². The van der Waals surface area contributed by atoms with Crippen molar-refractivity contribution in [3.63, 3.8) is 0 Å². The fraction of sp³-hybridized carbons (Fsp3) is 0.318. The average molecular weight is 392 g/mol. The molecule has 0 spiro atoms. The number of nitriles is 1. The third kappa shape index (κ3) is 4.38. The highest BCUT2D eigenvalue weighted by atomic mass is 32.1. The van der Waals surface area contributed by atoms with E-state index in [0.29, 0.717) is 18.9 Å². The van der Waals surface area contributed by atoms with Crippen LogP contribution in [-0.2, 0) is 11.2 Å². The molecule has 5 nitrogen and oxygen atoms in total. The molecule has 1 unspecified atom stereocenters. The number of nitrogens with zero attached hydrogens (tertiary/aromatic N) is 2. The van der Waals surface area contributed by atoms with E-state index in [9.17, 15) is 4.79 Å². The highest BCUT2D eigenvalue weighted by molar-refractivity contribution is 7.18. The summed E-state index contributed by atoms with van der Waals surface area (Å²) in [6.45, 7) is 2.45. The number of carbonyl (C=O) groups is 1. The Labute approximate surface area is 168 Å². The fourth-order valence-electron chi connectivity index (χ4n) is 3.82. The molecule has 2 N–H and O–H groups in total. The monoisotopic (exact) mass is 391 g/mol. The van der Waals surface area contributed by atoms with E-state index >= 15 is 0 Å². The molecule has 1 aliphatic heterocycles. The van der Waals surface area contributed by atoms with E-state index in [-0.39, 0.29) is 5.91 Å². The molecule has 1 amide bonds. The maximum absolute atomic E-state index is 12.5. The molecule has 28 heavy (non-hydrogen) atoms. The second kappa shape index (κ2) is 8.51. The van der Waals surface area contributed by atoms with Crippen LogP contribution >= 0.6 is 11.3 Å². The predicted molar refractivity (Wildman–Crippen MR) is 112 cm³/mol. The highest BCUT2D eigenvalue weighted by Gasteiger charge is 2.28. The largest absolute Gasteiger partial charge is 0.327 e. The molecule has 0 saturated carbocycles. The van der Waals surface area contributed by atoms with Crippen LogP contribution in [0.3, 0.4) is 0 Å². The van der Waals surface area contributed by atoms with Crippen molar-refractivity contribution in [2.45, 2.75) is 25.2 Å². The van der Waals surface area contributed by atoms with Crippen LogP contribution in [0.1, 0.15) is 29.3 Å². The number of hydrogen-bond acceptors (Lipinski definition) is 4. The van der Waals surface area contributed by atoms with Gasteiger partial charge in [0.25, 0.3) is 5.91 Å². The molecule has 6 heteroatoms. The minimum atomic E-state index is 0.0352. The molecular formula is C22H23N4OS+. The van der Waals surface area contributed by atoms with Gasteiger partial charge >= 0.3 is 0 Å². The van der Waals surface area contributed by atoms with Crippen molar-refractivity contribution in [2.75, 3.05) is 25.0 Å². The maximum atomic E-state index is 12.5. The first-order chi connectivity index (χ1) is 13.7. The lowest BCUT2D eigenvalue weighted by Gasteiger charge is -2.28. The predicted octanol–water partition coefficient (Wildman–Crippen LogP) is 2.76. The van der Waals surface area contributed by atoms with Gasteiger partial charge in [0, 0.05) is 5.69 Å². The van der Waals surface area contributed by atoms with Gasteiger partial charge in [-0.25, -0.2) is 4.98 Å². The van der Waals surface area contributed by atoms with Crippen molar-refractivity contribution in [1.82, 2.24) is 4.98 Å². The zero-order valence-electron chi connectivity index (χ0n) is 15.6. The Morgan fingerprint density at radius 2 is 2.07 bits per heavy atom. The molecule has 2 heterocycles. The van der Waals surface area contributed by atoms with E-state index in [2.05, 4.69) is 29.6 Å². The van der Waals surface area contributed by atoms with Crippen molar-refractivity contribution in [3.8, 4) is 6.07 Å². The molecule has 4 rings (SSSR count). The smallest absolute Gasteiger partial charge is 0.279 e. The van der Waals surface area contributed by atoms with Gasteiger partial charge in [0.05, 0.1) is 41.7 Å². The van der Waals surface area contributed by atoms with Gasteiger partial charge in [0.15, 0.2) is 6.54 Å². The van der Waals surface area contributed by atoms with Crippen LogP contribution in [0.4, 0.5) is 5.69 Å². The van der Waals surface area contributed by atoms with Crippen LogP contribution < -0.4 is 10.2 Å². The Hall–Kier alpha value is -2.75. The number of benzene rings is 2. The second-order valence-electron chi connectivity index (χ2n) is 7.32. The summed E-state index contributed by atoms with van der Waals surface area (Å²) in [5.74, 6) is 0.465. The number of para-hydroxylation sites is 1. The molecule has 0 bridgehead atoms. The number of amides is 1. The number of carbonyl (C=O) groups excluding carboxylic acids is 1. The Kier molecular flexibility index (Phi) is 5.65. The van der Waals surface area contributed by atoms with Gasteiger partial charge in [0.2, 0.25) is 0 Å². The van der Waals surface area contributed by atoms with Crippen LogP contribution in [0.5, 0.6) is 0 Å². The van der Waals surface area contributed by atoms with Gasteiger partial charge in [-0.2, -0.15) is 5.26 Å². The van der Waals surface area contributed by atoms with Crippen molar-refractivity contribution >= 4 is 33.1 Å². The minimum Gasteiger partial charge on any atom is -0.327 e. The molecule has 1 aromatic heterocycles. The first-order valence-electron chi connectivity index (χ1n) is 9.66. The lowest BCUT2D eigenvalue weighted by molar-refractivity contribution is -0.898. The van der Waals surface area contributed by atoms with Crippen LogP contribution in [0.2, 0.25) is 0 Å². The summed E-state index contributed by atoms with van der Waals surface area (Å²) in [5.41, 5.74) is 2.82. The topological polar surface area (TPSA) is 70.2 Å². The molecular weight excluding hydrogens is 368 g/mol. The first kappa shape index (κ1) is 18.6. The van der Waals surface area contributed by atoms with Gasteiger partial charge in [-0.05, 0) is 42.7 Å². The Balaban J connectivity index is 1.35. The molecule has 0 radical (unpaired) electrons. The molecule has 2 aromatic carbocycles. The van der Waals surface area contributed by atoms with Crippen LogP contribution in [0.25, 0.3) is 10.2 Å². The number of anilines is 1. The number of thiazole rings is 1. The minimum absolute atomic E-state index is 0.0352. The van der Waals surface area contributed by atoms with Crippen molar-refractivity contribution < 1.29 is 9.69 Å². The van der Waals surface area contributed by atoms with E-state index in [1.807, 2.05) is 30.3 Å². The van der Waals surface area contributed by atoms with E-state index in [4.69, 9.17) is 10.2 Å². The van der Waals surface area contributed by atoms with Gasteiger partial charge in [-0.3, -0.25) is 4.79 Å². The van der Waals surface area contributed by atoms with Gasteiger partial charge in [0.1, 0.15) is 5.01 Å². The lowest BCUT2D eigenvalue weighted by atomic mass is 9.99. The highest BCUT2D eigenvalue weighted by Crippen LogP contribution is 2.30. The van der Waals surface area contributed by atoms with Gasteiger partial charge in [-0.1, -0.05) is 24.3 Å². The maximum Gasteiger partial charge on any atom is 0.279 e. The fourth-order valence-corrected chi connectivity index (χ4v) is 4.92. The molecule has 3 aromatic rings. The number of piperidine rings is 1.